The molecule has 0 bridgehead atoms. The van der Waals surface area contributed by atoms with Crippen molar-refractivity contribution in [1.29, 1.82) is 0 Å². The Balaban J connectivity index is 1.68. The molecule has 3 rings (SSSR count). The second-order valence-corrected chi connectivity index (χ2v) is 7.55. The number of nitrogens with zero attached hydrogens (tertiary/aromatic N) is 2. The third-order valence-corrected chi connectivity index (χ3v) is 5.62. The molecule has 124 valence electrons. The Morgan fingerprint density at radius 2 is 2.27 bits per heavy atom. The van der Waals surface area contributed by atoms with Crippen molar-refractivity contribution < 1.29 is 17.9 Å². The van der Waals surface area contributed by atoms with E-state index in [1.807, 2.05) is 6.92 Å². The number of aromatic nitrogens is 2. The second kappa shape index (κ2) is 6.66. The van der Waals surface area contributed by atoms with Gasteiger partial charge in [0.1, 0.15) is 0 Å². The van der Waals surface area contributed by atoms with E-state index in [9.17, 15) is 8.42 Å². The van der Waals surface area contributed by atoms with E-state index in [2.05, 4.69) is 9.82 Å². The standard InChI is InChI=1S/C14H23N3O4S/c1-2-17-14(5-7-15-17)22(18,19)16-12-6-8-20-10-13(12)21-9-11-3-4-11/h5,7,11-13,16H,2-4,6,8-10H2,1H3/t12-,13-/m1/s1. The summed E-state index contributed by atoms with van der Waals surface area (Å²) in [4.78, 5) is 0. The summed E-state index contributed by atoms with van der Waals surface area (Å²) in [6.07, 6.45) is 4.32. The van der Waals surface area contributed by atoms with Gasteiger partial charge >= 0.3 is 0 Å². The van der Waals surface area contributed by atoms with Gasteiger partial charge in [-0.3, -0.25) is 4.68 Å². The lowest BCUT2D eigenvalue weighted by atomic mass is 10.1. The van der Waals surface area contributed by atoms with Gasteiger partial charge in [0.2, 0.25) is 0 Å². The van der Waals surface area contributed by atoms with Gasteiger partial charge in [0.05, 0.1) is 24.9 Å². The van der Waals surface area contributed by atoms with Crippen LogP contribution in [0, 0.1) is 5.92 Å². The molecule has 2 atom stereocenters. The van der Waals surface area contributed by atoms with Gasteiger partial charge in [-0.25, -0.2) is 13.1 Å². The highest BCUT2D eigenvalue weighted by atomic mass is 32.2. The molecule has 0 amide bonds. The predicted octanol–water partition coefficient (Wildman–Crippen LogP) is 0.765. The summed E-state index contributed by atoms with van der Waals surface area (Å²) in [5.74, 6) is 0.640. The molecule has 0 unspecified atom stereocenters. The van der Waals surface area contributed by atoms with Crippen LogP contribution in [0.3, 0.4) is 0 Å². The number of hydrogen-bond donors (Lipinski definition) is 1. The Morgan fingerprint density at radius 1 is 1.45 bits per heavy atom. The highest BCUT2D eigenvalue weighted by Crippen LogP contribution is 2.30. The van der Waals surface area contributed by atoms with Crippen LogP contribution in [0.1, 0.15) is 26.2 Å². The van der Waals surface area contributed by atoms with E-state index in [0.717, 1.165) is 0 Å². The van der Waals surface area contributed by atoms with Crippen LogP contribution >= 0.6 is 0 Å². The summed E-state index contributed by atoms with van der Waals surface area (Å²) in [5, 5.41) is 4.22. The molecule has 2 heterocycles. The number of ether oxygens (including phenoxy) is 2. The molecule has 1 aromatic rings. The van der Waals surface area contributed by atoms with E-state index in [1.165, 1.54) is 29.8 Å². The van der Waals surface area contributed by atoms with Crippen LogP contribution in [0.4, 0.5) is 0 Å². The van der Waals surface area contributed by atoms with Crippen LogP contribution in [0.5, 0.6) is 0 Å². The lowest BCUT2D eigenvalue weighted by Crippen LogP contribution is -2.50. The van der Waals surface area contributed by atoms with Crippen molar-refractivity contribution in [2.24, 2.45) is 5.92 Å². The Kier molecular flexibility index (Phi) is 4.82. The molecular weight excluding hydrogens is 306 g/mol. The summed E-state index contributed by atoms with van der Waals surface area (Å²) < 4.78 is 40.7. The maximum atomic E-state index is 12.6. The van der Waals surface area contributed by atoms with Crippen LogP contribution in [0.25, 0.3) is 0 Å². The molecule has 1 aromatic heterocycles. The van der Waals surface area contributed by atoms with Crippen molar-refractivity contribution in [3.8, 4) is 0 Å². The number of rotatable bonds is 7. The van der Waals surface area contributed by atoms with Gasteiger partial charge in [-0.05, 0) is 38.2 Å². The van der Waals surface area contributed by atoms with Crippen LogP contribution < -0.4 is 4.72 Å². The quantitative estimate of drug-likeness (QED) is 0.799. The fourth-order valence-electron chi connectivity index (χ4n) is 2.60. The minimum absolute atomic E-state index is 0.197. The molecule has 7 nitrogen and oxygen atoms in total. The molecular formula is C14H23N3O4S. The van der Waals surface area contributed by atoms with Crippen molar-refractivity contribution >= 4 is 10.0 Å². The first-order valence-electron chi connectivity index (χ1n) is 7.83. The van der Waals surface area contributed by atoms with E-state index < -0.39 is 10.0 Å². The number of sulfonamides is 1. The van der Waals surface area contributed by atoms with E-state index in [1.54, 1.807) is 0 Å². The third kappa shape index (κ3) is 3.68. The number of nitrogens with one attached hydrogen (secondary N) is 1. The molecule has 0 spiro atoms. The maximum Gasteiger partial charge on any atom is 0.258 e. The van der Waals surface area contributed by atoms with Gasteiger partial charge < -0.3 is 9.47 Å². The second-order valence-electron chi connectivity index (χ2n) is 5.89. The fourth-order valence-corrected chi connectivity index (χ4v) is 4.08. The van der Waals surface area contributed by atoms with Crippen molar-refractivity contribution in [3.63, 3.8) is 0 Å². The topological polar surface area (TPSA) is 82.5 Å². The highest BCUT2D eigenvalue weighted by Gasteiger charge is 2.33. The predicted molar refractivity (Wildman–Crippen MR) is 79.9 cm³/mol. The molecule has 1 saturated heterocycles. The lowest BCUT2D eigenvalue weighted by molar-refractivity contribution is -0.0672. The van der Waals surface area contributed by atoms with Crippen LogP contribution in [0.2, 0.25) is 0 Å². The van der Waals surface area contributed by atoms with Crippen molar-refractivity contribution in [1.82, 2.24) is 14.5 Å². The van der Waals surface area contributed by atoms with E-state index in [4.69, 9.17) is 9.47 Å². The summed E-state index contributed by atoms with van der Waals surface area (Å²) in [6.45, 7) is 4.05. The summed E-state index contributed by atoms with van der Waals surface area (Å²) in [7, 11) is -3.60. The lowest BCUT2D eigenvalue weighted by Gasteiger charge is -2.31. The minimum Gasteiger partial charge on any atom is -0.379 e. The molecule has 1 aliphatic carbocycles. The Morgan fingerprint density at radius 3 is 3.00 bits per heavy atom. The molecule has 2 aliphatic rings. The van der Waals surface area contributed by atoms with Gasteiger partial charge in [-0.2, -0.15) is 5.10 Å². The molecule has 1 aliphatic heterocycles. The van der Waals surface area contributed by atoms with Crippen LogP contribution in [-0.2, 0) is 26.0 Å². The first-order valence-corrected chi connectivity index (χ1v) is 9.32. The maximum absolute atomic E-state index is 12.6. The molecule has 0 aromatic carbocycles. The zero-order valence-electron chi connectivity index (χ0n) is 12.8. The van der Waals surface area contributed by atoms with Crippen molar-refractivity contribution in [2.45, 2.75) is 49.9 Å². The van der Waals surface area contributed by atoms with Crippen LogP contribution in [0.15, 0.2) is 17.3 Å². The highest BCUT2D eigenvalue weighted by molar-refractivity contribution is 7.89. The zero-order chi connectivity index (χ0) is 15.6. The molecule has 22 heavy (non-hydrogen) atoms. The van der Waals surface area contributed by atoms with E-state index in [0.29, 0.717) is 38.7 Å². The largest absolute Gasteiger partial charge is 0.379 e. The Hall–Kier alpha value is -0.960. The smallest absolute Gasteiger partial charge is 0.258 e. The Labute approximate surface area is 131 Å². The third-order valence-electron chi connectivity index (χ3n) is 4.11. The normalized spacial score (nSPS) is 26.2. The first-order chi connectivity index (χ1) is 10.6. The summed E-state index contributed by atoms with van der Waals surface area (Å²) in [6, 6.07) is 1.27. The number of aryl methyl sites for hydroxylation is 1. The molecule has 1 N–H and O–H groups in total. The van der Waals surface area contributed by atoms with E-state index >= 15 is 0 Å². The summed E-state index contributed by atoms with van der Waals surface area (Å²) in [5.41, 5.74) is 0. The molecule has 2 fully saturated rings. The van der Waals surface area contributed by atoms with Crippen molar-refractivity contribution in [3.05, 3.63) is 12.3 Å². The minimum atomic E-state index is -3.60. The SMILES string of the molecule is CCn1nccc1S(=O)(=O)N[C@@H]1CCOC[C@H]1OCC1CC1. The first kappa shape index (κ1) is 15.9. The van der Waals surface area contributed by atoms with Gasteiger partial charge in [0.25, 0.3) is 10.0 Å². The average molecular weight is 329 g/mol. The number of hydrogen-bond acceptors (Lipinski definition) is 5. The van der Waals surface area contributed by atoms with Gasteiger partial charge in [-0.15, -0.1) is 0 Å². The molecule has 8 heteroatoms. The Bertz CT molecular complexity index is 597. The molecule has 0 radical (unpaired) electrons. The summed E-state index contributed by atoms with van der Waals surface area (Å²) >= 11 is 0. The van der Waals surface area contributed by atoms with Crippen molar-refractivity contribution in [2.75, 3.05) is 19.8 Å². The van der Waals surface area contributed by atoms with E-state index in [-0.39, 0.29) is 17.2 Å². The monoisotopic (exact) mass is 329 g/mol. The zero-order valence-corrected chi connectivity index (χ0v) is 13.6. The average Bonchev–Trinajstić information content (AvgIpc) is 3.19. The van der Waals surface area contributed by atoms with Gasteiger partial charge in [0.15, 0.2) is 5.03 Å². The van der Waals surface area contributed by atoms with Gasteiger partial charge in [0, 0.05) is 19.8 Å². The fraction of sp³-hybridized carbons (Fsp3) is 0.786. The van der Waals surface area contributed by atoms with Crippen LogP contribution in [-0.4, -0.2) is 50.2 Å². The van der Waals surface area contributed by atoms with Gasteiger partial charge in [-0.1, -0.05) is 0 Å². The molecule has 1 saturated carbocycles.